The minimum absolute atomic E-state index is 0.127. The lowest BCUT2D eigenvalue weighted by Crippen LogP contribution is -2.41. The maximum Gasteiger partial charge on any atom is 0.348 e. The van der Waals surface area contributed by atoms with Gasteiger partial charge in [0.1, 0.15) is 5.57 Å². The molecular weight excluding hydrogens is 388 g/mol. The Balaban J connectivity index is 1.76. The van der Waals surface area contributed by atoms with Crippen LogP contribution in [-0.2, 0) is 25.6 Å². The second kappa shape index (κ2) is 6.51. The van der Waals surface area contributed by atoms with Gasteiger partial charge in [-0.15, -0.1) is 11.3 Å². The first-order valence-electron chi connectivity index (χ1n) is 8.19. The summed E-state index contributed by atoms with van der Waals surface area (Å²) in [6.45, 7) is 3.62. The molecular formula is C19H15ClN2O4S. The average Bonchev–Trinajstić information content (AvgIpc) is 3.15. The van der Waals surface area contributed by atoms with Gasteiger partial charge in [0.15, 0.2) is 4.47 Å². The van der Waals surface area contributed by atoms with Gasteiger partial charge in [-0.1, -0.05) is 29.8 Å². The minimum atomic E-state index is -1.26. The number of fused-ring (bicyclic) bond motifs is 1. The fraction of sp³-hybridized carbons (Fsp3) is 0.211. The van der Waals surface area contributed by atoms with Crippen molar-refractivity contribution in [2.24, 2.45) is 0 Å². The Morgan fingerprint density at radius 1 is 1.22 bits per heavy atom. The van der Waals surface area contributed by atoms with E-state index < -0.39 is 17.7 Å². The zero-order chi connectivity index (χ0) is 19.2. The molecule has 1 fully saturated rings. The Kier molecular flexibility index (Phi) is 4.28. The number of halogens is 1. The zero-order valence-electron chi connectivity index (χ0n) is 14.6. The Hall–Kier alpha value is -2.64. The van der Waals surface area contributed by atoms with Crippen LogP contribution in [0.4, 0.5) is 0 Å². The maximum absolute atomic E-state index is 12.2. The highest BCUT2D eigenvalue weighted by atomic mass is 35.5. The number of benzene rings is 1. The van der Waals surface area contributed by atoms with E-state index in [1.54, 1.807) is 6.20 Å². The smallest absolute Gasteiger partial charge is 0.348 e. The zero-order valence-corrected chi connectivity index (χ0v) is 16.1. The quantitative estimate of drug-likeness (QED) is 0.376. The number of thiazole rings is 1. The monoisotopic (exact) mass is 402 g/mol. The standard InChI is InChI=1S/C19H15ClN2O4S/c1-19(2)25-16(23)14(17(24)26-19)7-11-9-22(10-12-8-21-18(20)27-12)15-6-4-3-5-13(11)15/h3-9H,10H2,1-2H3. The molecule has 6 nitrogen and oxygen atoms in total. The molecule has 3 aromatic rings. The summed E-state index contributed by atoms with van der Waals surface area (Å²) in [5.41, 5.74) is 1.56. The highest BCUT2D eigenvalue weighted by molar-refractivity contribution is 7.15. The van der Waals surface area contributed by atoms with Crippen molar-refractivity contribution in [1.29, 1.82) is 0 Å². The molecule has 1 aromatic carbocycles. The Bertz CT molecular complexity index is 1070. The van der Waals surface area contributed by atoms with Crippen molar-refractivity contribution in [2.45, 2.75) is 26.2 Å². The van der Waals surface area contributed by atoms with E-state index in [9.17, 15) is 9.59 Å². The van der Waals surface area contributed by atoms with Gasteiger partial charge in [-0.2, -0.15) is 0 Å². The molecule has 1 saturated heterocycles. The van der Waals surface area contributed by atoms with Gasteiger partial charge in [-0.3, -0.25) is 0 Å². The lowest BCUT2D eigenvalue weighted by molar-refractivity contribution is -0.222. The van der Waals surface area contributed by atoms with E-state index in [4.69, 9.17) is 21.1 Å². The van der Waals surface area contributed by atoms with Gasteiger partial charge >= 0.3 is 11.9 Å². The van der Waals surface area contributed by atoms with Gasteiger partial charge in [0.25, 0.3) is 5.79 Å². The molecule has 0 amide bonds. The van der Waals surface area contributed by atoms with E-state index >= 15 is 0 Å². The molecule has 138 valence electrons. The Morgan fingerprint density at radius 3 is 2.59 bits per heavy atom. The van der Waals surface area contributed by atoms with Crippen molar-refractivity contribution in [1.82, 2.24) is 9.55 Å². The molecule has 0 unspecified atom stereocenters. The van der Waals surface area contributed by atoms with Gasteiger partial charge in [-0.05, 0) is 12.1 Å². The third kappa shape index (κ3) is 3.48. The topological polar surface area (TPSA) is 70.4 Å². The molecule has 8 heteroatoms. The molecule has 0 N–H and O–H groups in total. The molecule has 2 aromatic heterocycles. The van der Waals surface area contributed by atoms with Gasteiger partial charge < -0.3 is 14.0 Å². The predicted octanol–water partition coefficient (Wildman–Crippen LogP) is 4.02. The molecule has 27 heavy (non-hydrogen) atoms. The van der Waals surface area contributed by atoms with Crippen LogP contribution >= 0.6 is 22.9 Å². The highest BCUT2D eigenvalue weighted by Crippen LogP contribution is 2.29. The molecule has 0 saturated carbocycles. The van der Waals surface area contributed by atoms with Crippen LogP contribution in [0, 0.1) is 0 Å². The van der Waals surface area contributed by atoms with Crippen molar-refractivity contribution in [3.8, 4) is 0 Å². The Morgan fingerprint density at radius 2 is 1.93 bits per heavy atom. The summed E-state index contributed by atoms with van der Waals surface area (Å²) in [4.78, 5) is 29.5. The number of aromatic nitrogens is 2. The number of rotatable bonds is 3. The third-order valence-corrected chi connectivity index (χ3v) is 5.19. The fourth-order valence-electron chi connectivity index (χ4n) is 2.98. The number of hydrogen-bond acceptors (Lipinski definition) is 6. The number of para-hydroxylation sites is 1. The van der Waals surface area contributed by atoms with Gasteiger partial charge in [0, 0.05) is 47.6 Å². The average molecular weight is 403 g/mol. The summed E-state index contributed by atoms with van der Waals surface area (Å²) >= 11 is 7.33. The van der Waals surface area contributed by atoms with Crippen molar-refractivity contribution in [2.75, 3.05) is 0 Å². The van der Waals surface area contributed by atoms with Crippen LogP contribution in [0.5, 0.6) is 0 Å². The van der Waals surface area contributed by atoms with Crippen molar-refractivity contribution in [3.05, 3.63) is 57.1 Å². The van der Waals surface area contributed by atoms with E-state index in [0.717, 1.165) is 21.3 Å². The van der Waals surface area contributed by atoms with E-state index in [2.05, 4.69) is 4.98 Å². The SMILES string of the molecule is CC1(C)OC(=O)C(=Cc2cn(Cc3cnc(Cl)s3)c3ccccc23)C(=O)O1. The number of nitrogens with zero attached hydrogens (tertiary/aromatic N) is 2. The van der Waals surface area contributed by atoms with Crippen molar-refractivity contribution >= 4 is 51.9 Å². The summed E-state index contributed by atoms with van der Waals surface area (Å²) in [5, 5.41) is 0.908. The first-order chi connectivity index (χ1) is 12.8. The number of carbonyl (C=O) groups excluding carboxylic acids is 2. The molecule has 0 atom stereocenters. The molecule has 0 bridgehead atoms. The number of esters is 2. The highest BCUT2D eigenvalue weighted by Gasteiger charge is 2.39. The predicted molar refractivity (Wildman–Crippen MR) is 102 cm³/mol. The lowest BCUT2D eigenvalue weighted by Gasteiger charge is -2.29. The van der Waals surface area contributed by atoms with Crippen LogP contribution in [0.25, 0.3) is 17.0 Å². The summed E-state index contributed by atoms with van der Waals surface area (Å²) < 4.78 is 12.8. The largest absolute Gasteiger partial charge is 0.419 e. The first-order valence-corrected chi connectivity index (χ1v) is 9.38. The summed E-state index contributed by atoms with van der Waals surface area (Å²) in [6.07, 6.45) is 5.13. The van der Waals surface area contributed by atoms with Crippen LogP contribution in [0.2, 0.25) is 4.47 Å². The number of hydrogen-bond donors (Lipinski definition) is 0. The van der Waals surface area contributed by atoms with Crippen LogP contribution in [0.3, 0.4) is 0 Å². The number of cyclic esters (lactones) is 2. The number of carbonyl (C=O) groups is 2. The van der Waals surface area contributed by atoms with E-state index in [0.29, 0.717) is 11.0 Å². The van der Waals surface area contributed by atoms with Gasteiger partial charge in [-0.25, -0.2) is 14.6 Å². The molecule has 0 aliphatic carbocycles. The van der Waals surface area contributed by atoms with Crippen molar-refractivity contribution < 1.29 is 19.1 Å². The second-order valence-electron chi connectivity index (χ2n) is 6.55. The Labute approximate surface area is 164 Å². The molecule has 1 aliphatic rings. The molecule has 4 rings (SSSR count). The van der Waals surface area contributed by atoms with E-state index in [1.807, 2.05) is 35.0 Å². The summed E-state index contributed by atoms with van der Waals surface area (Å²) in [6, 6.07) is 7.74. The molecule has 3 heterocycles. The maximum atomic E-state index is 12.2. The fourth-order valence-corrected chi connectivity index (χ4v) is 3.96. The minimum Gasteiger partial charge on any atom is -0.419 e. The van der Waals surface area contributed by atoms with E-state index in [1.165, 1.54) is 31.3 Å². The lowest BCUT2D eigenvalue weighted by atomic mass is 10.1. The van der Waals surface area contributed by atoms with E-state index in [-0.39, 0.29) is 5.57 Å². The van der Waals surface area contributed by atoms with Crippen LogP contribution in [0.15, 0.2) is 42.2 Å². The normalized spacial score (nSPS) is 16.3. The first kappa shape index (κ1) is 17.8. The molecule has 0 radical (unpaired) electrons. The van der Waals surface area contributed by atoms with Crippen molar-refractivity contribution in [3.63, 3.8) is 0 Å². The molecule has 1 aliphatic heterocycles. The van der Waals surface area contributed by atoms with Crippen LogP contribution in [-0.4, -0.2) is 27.3 Å². The second-order valence-corrected chi connectivity index (χ2v) is 8.24. The number of ether oxygens (including phenoxy) is 2. The van der Waals surface area contributed by atoms with Crippen LogP contribution < -0.4 is 0 Å². The van der Waals surface area contributed by atoms with Gasteiger partial charge in [0.05, 0.1) is 6.54 Å². The third-order valence-electron chi connectivity index (χ3n) is 4.09. The summed E-state index contributed by atoms with van der Waals surface area (Å²) in [7, 11) is 0. The summed E-state index contributed by atoms with van der Waals surface area (Å²) in [5.74, 6) is -2.64. The van der Waals surface area contributed by atoms with Gasteiger partial charge in [0.2, 0.25) is 0 Å². The van der Waals surface area contributed by atoms with Crippen LogP contribution in [0.1, 0.15) is 24.3 Å². The molecule has 0 spiro atoms.